The van der Waals surface area contributed by atoms with Crippen molar-refractivity contribution in [2.45, 2.75) is 11.8 Å². The highest BCUT2D eigenvalue weighted by Crippen LogP contribution is 2.29. The van der Waals surface area contributed by atoms with E-state index in [-0.39, 0.29) is 9.92 Å². The second kappa shape index (κ2) is 5.63. The second-order valence-electron chi connectivity index (χ2n) is 5.02. The number of hydrogen-bond donors (Lipinski definition) is 1. The van der Waals surface area contributed by atoms with Crippen LogP contribution in [0.5, 0.6) is 0 Å². The molecule has 3 rings (SSSR count). The molecule has 0 heterocycles. The molecule has 0 saturated carbocycles. The number of fused-ring (bicyclic) bond motifs is 1. The molecule has 0 amide bonds. The average Bonchev–Trinajstić information content (AvgIpc) is 2.47. The summed E-state index contributed by atoms with van der Waals surface area (Å²) in [5.41, 5.74) is 1.15. The van der Waals surface area contributed by atoms with Crippen molar-refractivity contribution in [3.8, 4) is 0 Å². The fourth-order valence-corrected chi connectivity index (χ4v) is 4.38. The maximum absolute atomic E-state index is 12.7. The predicted molar refractivity (Wildman–Crippen MR) is 90.9 cm³/mol. The van der Waals surface area contributed by atoms with E-state index < -0.39 is 10.0 Å². The van der Waals surface area contributed by atoms with Crippen LogP contribution in [0.25, 0.3) is 10.8 Å². The van der Waals surface area contributed by atoms with E-state index in [0.717, 1.165) is 10.8 Å². The lowest BCUT2D eigenvalue weighted by molar-refractivity contribution is 0.600. The molecule has 3 aromatic carbocycles. The van der Waals surface area contributed by atoms with Crippen molar-refractivity contribution in [1.82, 2.24) is 0 Å². The van der Waals surface area contributed by atoms with Crippen LogP contribution in [-0.2, 0) is 10.0 Å². The molecule has 0 radical (unpaired) electrons. The molecule has 22 heavy (non-hydrogen) atoms. The van der Waals surface area contributed by atoms with E-state index in [2.05, 4.69) is 4.72 Å². The summed E-state index contributed by atoms with van der Waals surface area (Å²) in [7, 11) is -3.75. The molecule has 3 aromatic rings. The van der Waals surface area contributed by atoms with Gasteiger partial charge in [-0.05, 0) is 30.0 Å². The molecule has 0 aliphatic rings. The largest absolute Gasteiger partial charge is 0.279 e. The molecule has 0 aliphatic heterocycles. The molecule has 5 heteroatoms. The zero-order valence-corrected chi connectivity index (χ0v) is 13.4. The van der Waals surface area contributed by atoms with Crippen LogP contribution in [0.3, 0.4) is 0 Å². The molecule has 0 fully saturated rings. The zero-order chi connectivity index (χ0) is 15.7. The Bertz CT molecular complexity index is 926. The lowest BCUT2D eigenvalue weighted by Crippen LogP contribution is -2.15. The third-order valence-electron chi connectivity index (χ3n) is 3.47. The number of aryl methyl sites for hydroxylation is 1. The van der Waals surface area contributed by atoms with Gasteiger partial charge in [0.2, 0.25) is 0 Å². The number of benzene rings is 3. The van der Waals surface area contributed by atoms with Gasteiger partial charge >= 0.3 is 0 Å². The normalized spacial score (nSPS) is 11.5. The topological polar surface area (TPSA) is 46.2 Å². The van der Waals surface area contributed by atoms with Crippen molar-refractivity contribution in [3.63, 3.8) is 0 Å². The quantitative estimate of drug-likeness (QED) is 0.762. The standard InChI is InChI=1S/C17H14ClNO2S/c1-12-6-4-10-15(18)17(12)22(20,21)19-16-11-5-8-13-7-2-3-9-14(13)16/h2-11,19H,1H3. The lowest BCUT2D eigenvalue weighted by Gasteiger charge is -2.13. The van der Waals surface area contributed by atoms with E-state index in [4.69, 9.17) is 11.6 Å². The van der Waals surface area contributed by atoms with Crippen LogP contribution in [0.15, 0.2) is 65.6 Å². The number of hydrogen-bond acceptors (Lipinski definition) is 2. The molecule has 1 N–H and O–H groups in total. The third-order valence-corrected chi connectivity index (χ3v) is 5.46. The number of anilines is 1. The maximum atomic E-state index is 12.7. The molecule has 0 atom stereocenters. The summed E-state index contributed by atoms with van der Waals surface area (Å²) in [5, 5.41) is 2.03. The van der Waals surface area contributed by atoms with Crippen LogP contribution in [0.4, 0.5) is 5.69 Å². The first-order valence-electron chi connectivity index (χ1n) is 6.75. The van der Waals surface area contributed by atoms with Crippen LogP contribution in [-0.4, -0.2) is 8.42 Å². The van der Waals surface area contributed by atoms with Crippen molar-refractivity contribution in [3.05, 3.63) is 71.2 Å². The molecule has 0 aliphatic carbocycles. The van der Waals surface area contributed by atoms with Gasteiger partial charge in [-0.25, -0.2) is 8.42 Å². The summed E-state index contributed by atoms with van der Waals surface area (Å²) < 4.78 is 28.0. The summed E-state index contributed by atoms with van der Waals surface area (Å²) in [6.07, 6.45) is 0. The number of halogens is 1. The molecule has 0 unspecified atom stereocenters. The van der Waals surface area contributed by atoms with Gasteiger partial charge in [0.1, 0.15) is 4.90 Å². The maximum Gasteiger partial charge on any atom is 0.263 e. The van der Waals surface area contributed by atoms with Gasteiger partial charge in [-0.15, -0.1) is 0 Å². The molecular weight excluding hydrogens is 318 g/mol. The van der Waals surface area contributed by atoms with Gasteiger partial charge in [-0.3, -0.25) is 4.72 Å². The van der Waals surface area contributed by atoms with Crippen LogP contribution >= 0.6 is 11.6 Å². The predicted octanol–water partition coefficient (Wildman–Crippen LogP) is 4.60. The van der Waals surface area contributed by atoms with E-state index in [1.54, 1.807) is 31.2 Å². The highest BCUT2D eigenvalue weighted by atomic mass is 35.5. The fourth-order valence-electron chi connectivity index (χ4n) is 2.47. The molecule has 0 spiro atoms. The first-order chi connectivity index (χ1) is 10.5. The molecule has 3 nitrogen and oxygen atoms in total. The van der Waals surface area contributed by atoms with E-state index in [1.807, 2.05) is 36.4 Å². The highest BCUT2D eigenvalue weighted by molar-refractivity contribution is 7.93. The van der Waals surface area contributed by atoms with E-state index in [0.29, 0.717) is 11.3 Å². The lowest BCUT2D eigenvalue weighted by atomic mass is 10.1. The van der Waals surface area contributed by atoms with Gasteiger partial charge in [0.25, 0.3) is 10.0 Å². The van der Waals surface area contributed by atoms with Gasteiger partial charge in [-0.1, -0.05) is 60.1 Å². The van der Waals surface area contributed by atoms with Crippen molar-refractivity contribution in [2.75, 3.05) is 4.72 Å². The van der Waals surface area contributed by atoms with Crippen LogP contribution < -0.4 is 4.72 Å². The Kier molecular flexibility index (Phi) is 3.81. The van der Waals surface area contributed by atoms with Gasteiger partial charge < -0.3 is 0 Å². The van der Waals surface area contributed by atoms with E-state index in [9.17, 15) is 8.42 Å². The summed E-state index contributed by atoms with van der Waals surface area (Å²) in [4.78, 5) is 0.115. The van der Waals surface area contributed by atoms with E-state index >= 15 is 0 Å². The molecular formula is C17H14ClNO2S. The number of rotatable bonds is 3. The van der Waals surface area contributed by atoms with Gasteiger partial charge in [0.05, 0.1) is 10.7 Å². The average molecular weight is 332 g/mol. The van der Waals surface area contributed by atoms with Crippen molar-refractivity contribution >= 4 is 38.1 Å². The second-order valence-corrected chi connectivity index (χ2v) is 7.04. The smallest absolute Gasteiger partial charge is 0.263 e. The van der Waals surface area contributed by atoms with Crippen LogP contribution in [0, 0.1) is 6.92 Å². The molecule has 112 valence electrons. The SMILES string of the molecule is Cc1cccc(Cl)c1S(=O)(=O)Nc1cccc2ccccc12. The number of sulfonamides is 1. The molecule has 0 bridgehead atoms. The summed E-state index contributed by atoms with van der Waals surface area (Å²) in [6.45, 7) is 1.73. The number of nitrogens with one attached hydrogen (secondary N) is 1. The first-order valence-corrected chi connectivity index (χ1v) is 8.61. The minimum atomic E-state index is -3.75. The van der Waals surface area contributed by atoms with Gasteiger partial charge in [0.15, 0.2) is 0 Å². The minimum absolute atomic E-state index is 0.115. The monoisotopic (exact) mass is 331 g/mol. The van der Waals surface area contributed by atoms with Crippen molar-refractivity contribution in [1.29, 1.82) is 0 Å². The fraction of sp³-hybridized carbons (Fsp3) is 0.0588. The Morgan fingerprint density at radius 1 is 0.909 bits per heavy atom. The van der Waals surface area contributed by atoms with Crippen molar-refractivity contribution in [2.24, 2.45) is 0 Å². The van der Waals surface area contributed by atoms with Gasteiger partial charge in [-0.2, -0.15) is 0 Å². The molecule has 0 saturated heterocycles. The minimum Gasteiger partial charge on any atom is -0.279 e. The Hall–Kier alpha value is -2.04. The first kappa shape index (κ1) is 14.9. The third kappa shape index (κ3) is 2.67. The van der Waals surface area contributed by atoms with Crippen LogP contribution in [0.1, 0.15) is 5.56 Å². The summed E-state index contributed by atoms with van der Waals surface area (Å²) in [6, 6.07) is 18.1. The van der Waals surface area contributed by atoms with Crippen molar-refractivity contribution < 1.29 is 8.42 Å². The van der Waals surface area contributed by atoms with E-state index in [1.165, 1.54) is 0 Å². The Labute approximate surface area is 134 Å². The Balaban J connectivity index is 2.12. The Morgan fingerprint density at radius 2 is 1.59 bits per heavy atom. The zero-order valence-electron chi connectivity index (χ0n) is 11.9. The molecule has 0 aromatic heterocycles. The summed E-state index contributed by atoms with van der Waals surface area (Å²) in [5.74, 6) is 0. The van der Waals surface area contributed by atoms with Gasteiger partial charge in [0, 0.05) is 5.39 Å². The summed E-state index contributed by atoms with van der Waals surface area (Å²) >= 11 is 6.08. The Morgan fingerprint density at radius 3 is 2.36 bits per heavy atom. The highest BCUT2D eigenvalue weighted by Gasteiger charge is 2.21. The van der Waals surface area contributed by atoms with Crippen LogP contribution in [0.2, 0.25) is 5.02 Å².